The van der Waals surface area contributed by atoms with Crippen LogP contribution in [-0.4, -0.2) is 30.2 Å². The number of ether oxygens (including phenoxy) is 2. The lowest BCUT2D eigenvalue weighted by Crippen LogP contribution is -2.01. The van der Waals surface area contributed by atoms with Gasteiger partial charge in [0.15, 0.2) is 5.88 Å². The van der Waals surface area contributed by atoms with E-state index in [1.165, 1.54) is 0 Å². The Hall–Kier alpha value is -1.55. The highest BCUT2D eigenvalue weighted by Gasteiger charge is 2.07. The predicted molar refractivity (Wildman–Crippen MR) is 61.9 cm³/mol. The van der Waals surface area contributed by atoms with Crippen molar-refractivity contribution in [2.24, 2.45) is 0 Å². The van der Waals surface area contributed by atoms with Gasteiger partial charge in [-0.25, -0.2) is 4.98 Å². The molecule has 4 nitrogen and oxygen atoms in total. The van der Waals surface area contributed by atoms with Crippen molar-refractivity contribution in [1.82, 2.24) is 9.38 Å². The molecule has 0 bridgehead atoms. The van der Waals surface area contributed by atoms with E-state index in [-0.39, 0.29) is 0 Å². The van der Waals surface area contributed by atoms with Crippen LogP contribution in [-0.2, 0) is 11.2 Å². The Morgan fingerprint density at radius 2 is 2.19 bits per heavy atom. The van der Waals surface area contributed by atoms with Crippen molar-refractivity contribution < 1.29 is 9.47 Å². The Morgan fingerprint density at radius 3 is 2.94 bits per heavy atom. The first-order valence-corrected chi connectivity index (χ1v) is 5.35. The molecule has 0 saturated heterocycles. The van der Waals surface area contributed by atoms with Crippen LogP contribution in [0.15, 0.2) is 24.4 Å². The highest BCUT2D eigenvalue weighted by atomic mass is 16.5. The lowest BCUT2D eigenvalue weighted by Gasteiger charge is -2.06. The molecule has 2 rings (SSSR count). The quantitative estimate of drug-likeness (QED) is 0.722. The van der Waals surface area contributed by atoms with Gasteiger partial charge in [-0.3, -0.25) is 4.40 Å². The number of hydrogen-bond acceptors (Lipinski definition) is 3. The molecule has 0 atom stereocenters. The van der Waals surface area contributed by atoms with Gasteiger partial charge in [-0.2, -0.15) is 0 Å². The molecule has 0 aliphatic heterocycles. The number of nitrogens with zero attached hydrogens (tertiary/aromatic N) is 2. The molecule has 0 aliphatic carbocycles. The molecular weight excluding hydrogens is 204 g/mol. The zero-order chi connectivity index (χ0) is 11.4. The van der Waals surface area contributed by atoms with E-state index in [0.29, 0.717) is 0 Å². The maximum absolute atomic E-state index is 5.32. The maximum atomic E-state index is 5.32. The Kier molecular flexibility index (Phi) is 3.41. The monoisotopic (exact) mass is 220 g/mol. The predicted octanol–water partition coefficient (Wildman–Crippen LogP) is 1.92. The van der Waals surface area contributed by atoms with E-state index in [0.717, 1.165) is 36.7 Å². The molecule has 0 aromatic carbocycles. The van der Waals surface area contributed by atoms with E-state index in [1.807, 2.05) is 28.8 Å². The molecular formula is C12H16N2O2. The second kappa shape index (κ2) is 4.99. The minimum Gasteiger partial charge on any atom is -0.482 e. The molecule has 4 heteroatoms. The van der Waals surface area contributed by atoms with Crippen molar-refractivity contribution in [3.05, 3.63) is 30.2 Å². The number of methoxy groups -OCH3 is 2. The van der Waals surface area contributed by atoms with Gasteiger partial charge >= 0.3 is 0 Å². The molecule has 0 radical (unpaired) electrons. The smallest absolute Gasteiger partial charge is 0.199 e. The molecule has 2 heterocycles. The highest BCUT2D eigenvalue weighted by molar-refractivity contribution is 5.49. The van der Waals surface area contributed by atoms with E-state index in [1.54, 1.807) is 14.2 Å². The average molecular weight is 220 g/mol. The normalized spacial score (nSPS) is 10.9. The van der Waals surface area contributed by atoms with Crippen LogP contribution in [0.5, 0.6) is 5.88 Å². The molecule has 2 aromatic heterocycles. The summed E-state index contributed by atoms with van der Waals surface area (Å²) in [6, 6.07) is 5.93. The third-order valence-electron chi connectivity index (χ3n) is 2.55. The van der Waals surface area contributed by atoms with Gasteiger partial charge in [-0.15, -0.1) is 0 Å². The molecule has 0 amide bonds. The second-order valence-corrected chi connectivity index (χ2v) is 3.60. The van der Waals surface area contributed by atoms with E-state index < -0.39 is 0 Å². The van der Waals surface area contributed by atoms with Crippen molar-refractivity contribution in [2.45, 2.75) is 12.8 Å². The van der Waals surface area contributed by atoms with Crippen LogP contribution >= 0.6 is 0 Å². The third kappa shape index (κ3) is 2.02. The van der Waals surface area contributed by atoms with E-state index in [9.17, 15) is 0 Å². The van der Waals surface area contributed by atoms with Crippen LogP contribution in [0.25, 0.3) is 5.52 Å². The van der Waals surface area contributed by atoms with Crippen LogP contribution < -0.4 is 4.74 Å². The highest BCUT2D eigenvalue weighted by Crippen LogP contribution is 2.17. The van der Waals surface area contributed by atoms with E-state index in [2.05, 4.69) is 4.98 Å². The van der Waals surface area contributed by atoms with Crippen LogP contribution in [0.4, 0.5) is 0 Å². The first kappa shape index (κ1) is 11.0. The lowest BCUT2D eigenvalue weighted by atomic mass is 10.3. The van der Waals surface area contributed by atoms with Crippen LogP contribution in [0.1, 0.15) is 12.2 Å². The van der Waals surface area contributed by atoms with Gasteiger partial charge in [-0.1, -0.05) is 6.07 Å². The lowest BCUT2D eigenvalue weighted by molar-refractivity contribution is 0.194. The molecule has 0 fully saturated rings. The van der Waals surface area contributed by atoms with Crippen LogP contribution in [0.3, 0.4) is 0 Å². The zero-order valence-electron chi connectivity index (χ0n) is 9.64. The number of aromatic nitrogens is 2. The summed E-state index contributed by atoms with van der Waals surface area (Å²) in [5, 5.41) is 0. The summed E-state index contributed by atoms with van der Waals surface area (Å²) in [6.45, 7) is 0.754. The third-order valence-corrected chi connectivity index (χ3v) is 2.55. The maximum Gasteiger partial charge on any atom is 0.199 e. The SMILES string of the molecule is COCCCc1ncc2cccc(OC)n12. The van der Waals surface area contributed by atoms with Gasteiger partial charge in [0.25, 0.3) is 0 Å². The minimum absolute atomic E-state index is 0.754. The standard InChI is InChI=1S/C12H16N2O2/c1-15-8-4-6-11-13-9-10-5-3-7-12(16-2)14(10)11/h3,5,7,9H,4,6,8H2,1-2H3. The Morgan fingerprint density at radius 1 is 1.31 bits per heavy atom. The van der Waals surface area contributed by atoms with Gasteiger partial charge < -0.3 is 9.47 Å². The van der Waals surface area contributed by atoms with Gasteiger partial charge in [0.2, 0.25) is 0 Å². The van der Waals surface area contributed by atoms with Crippen molar-refractivity contribution >= 4 is 5.52 Å². The molecule has 0 N–H and O–H groups in total. The van der Waals surface area contributed by atoms with Crippen molar-refractivity contribution in [2.75, 3.05) is 20.8 Å². The fourth-order valence-electron chi connectivity index (χ4n) is 1.79. The number of rotatable bonds is 5. The van der Waals surface area contributed by atoms with Crippen molar-refractivity contribution in [1.29, 1.82) is 0 Å². The van der Waals surface area contributed by atoms with Gasteiger partial charge in [-0.05, 0) is 18.6 Å². The molecule has 0 saturated carbocycles. The summed E-state index contributed by atoms with van der Waals surface area (Å²) >= 11 is 0. The topological polar surface area (TPSA) is 35.8 Å². The number of pyridine rings is 1. The van der Waals surface area contributed by atoms with Crippen LogP contribution in [0, 0.1) is 0 Å². The Balaban J connectivity index is 2.30. The summed E-state index contributed by atoms with van der Waals surface area (Å²) in [7, 11) is 3.39. The minimum atomic E-state index is 0.754. The van der Waals surface area contributed by atoms with Gasteiger partial charge in [0.1, 0.15) is 5.82 Å². The summed E-state index contributed by atoms with van der Waals surface area (Å²) in [5.74, 6) is 1.84. The summed E-state index contributed by atoms with van der Waals surface area (Å²) in [6.07, 6.45) is 3.72. The number of imidazole rings is 1. The van der Waals surface area contributed by atoms with E-state index >= 15 is 0 Å². The average Bonchev–Trinajstić information content (AvgIpc) is 2.73. The molecule has 86 valence electrons. The molecule has 0 unspecified atom stereocenters. The largest absolute Gasteiger partial charge is 0.482 e. The molecule has 0 spiro atoms. The summed E-state index contributed by atoms with van der Waals surface area (Å²) in [5.41, 5.74) is 1.06. The fraction of sp³-hybridized carbons (Fsp3) is 0.417. The second-order valence-electron chi connectivity index (χ2n) is 3.60. The molecule has 16 heavy (non-hydrogen) atoms. The van der Waals surface area contributed by atoms with E-state index in [4.69, 9.17) is 9.47 Å². The number of aryl methyl sites for hydroxylation is 1. The summed E-state index contributed by atoms with van der Waals surface area (Å²) < 4.78 is 12.4. The Bertz CT molecular complexity index is 465. The fourth-order valence-corrected chi connectivity index (χ4v) is 1.79. The van der Waals surface area contributed by atoms with Gasteiger partial charge in [0.05, 0.1) is 18.8 Å². The summed E-state index contributed by atoms with van der Waals surface area (Å²) in [4.78, 5) is 4.40. The Labute approximate surface area is 94.8 Å². The number of fused-ring (bicyclic) bond motifs is 1. The van der Waals surface area contributed by atoms with Crippen molar-refractivity contribution in [3.8, 4) is 5.88 Å². The zero-order valence-corrected chi connectivity index (χ0v) is 9.64. The first-order valence-electron chi connectivity index (χ1n) is 5.35. The number of hydrogen-bond donors (Lipinski definition) is 0. The van der Waals surface area contributed by atoms with Crippen LogP contribution in [0.2, 0.25) is 0 Å². The molecule has 2 aromatic rings. The van der Waals surface area contributed by atoms with Crippen molar-refractivity contribution in [3.63, 3.8) is 0 Å². The molecule has 0 aliphatic rings. The first-order chi connectivity index (χ1) is 7.86. The van der Waals surface area contributed by atoms with Gasteiger partial charge in [0, 0.05) is 20.1 Å².